The number of anilines is 2. The normalized spacial score (nSPS) is 12.8. The predicted molar refractivity (Wildman–Crippen MR) is 72.5 cm³/mol. The monoisotopic (exact) mass is 252 g/mol. The van der Waals surface area contributed by atoms with E-state index in [4.69, 9.17) is 5.73 Å². The zero-order valence-electron chi connectivity index (χ0n) is 9.69. The van der Waals surface area contributed by atoms with Gasteiger partial charge in [0, 0.05) is 34.2 Å². The van der Waals surface area contributed by atoms with Gasteiger partial charge in [0.1, 0.15) is 0 Å². The first kappa shape index (κ1) is 11.9. The van der Waals surface area contributed by atoms with E-state index in [1.165, 1.54) is 0 Å². The number of rotatable bonds is 5. The molecule has 1 atom stereocenters. The van der Waals surface area contributed by atoms with E-state index in [0.29, 0.717) is 23.7 Å². The smallest absolute Gasteiger partial charge is 0.0672 e. The molecule has 2 aromatic rings. The first-order valence-corrected chi connectivity index (χ1v) is 7.01. The van der Waals surface area contributed by atoms with Gasteiger partial charge in [0.15, 0.2) is 0 Å². The highest BCUT2D eigenvalue weighted by Crippen LogP contribution is 2.24. The van der Waals surface area contributed by atoms with Crippen LogP contribution >= 0.6 is 0 Å². The number of benzene rings is 1. The molecule has 0 amide bonds. The summed E-state index contributed by atoms with van der Waals surface area (Å²) in [6.45, 7) is 2.57. The van der Waals surface area contributed by atoms with Crippen LogP contribution < -0.4 is 11.1 Å². The second kappa shape index (κ2) is 5.18. The first-order chi connectivity index (χ1) is 8.20. The minimum Gasteiger partial charge on any atom is -0.397 e. The van der Waals surface area contributed by atoms with E-state index in [9.17, 15) is 4.21 Å². The van der Waals surface area contributed by atoms with Gasteiger partial charge in [0.2, 0.25) is 0 Å². The van der Waals surface area contributed by atoms with Crippen LogP contribution in [0.25, 0.3) is 10.9 Å². The highest BCUT2D eigenvalue weighted by Gasteiger charge is 2.03. The van der Waals surface area contributed by atoms with Gasteiger partial charge in [0.05, 0.1) is 23.1 Å². The minimum atomic E-state index is -0.750. The molecule has 1 unspecified atom stereocenters. The van der Waals surface area contributed by atoms with Crippen LogP contribution in [0.3, 0.4) is 0 Å². The van der Waals surface area contributed by atoms with Crippen LogP contribution in [0.1, 0.15) is 6.92 Å². The summed E-state index contributed by atoms with van der Waals surface area (Å²) in [5, 5.41) is 11.0. The molecular formula is C11H16N4OS. The van der Waals surface area contributed by atoms with Crippen molar-refractivity contribution in [1.82, 2.24) is 10.2 Å². The first-order valence-electron chi connectivity index (χ1n) is 5.52. The second-order valence-corrected chi connectivity index (χ2v) is 5.62. The van der Waals surface area contributed by atoms with Crippen molar-refractivity contribution < 1.29 is 4.21 Å². The zero-order valence-corrected chi connectivity index (χ0v) is 10.5. The van der Waals surface area contributed by atoms with Crippen molar-refractivity contribution >= 4 is 33.1 Å². The van der Waals surface area contributed by atoms with Crippen molar-refractivity contribution in [3.8, 4) is 0 Å². The molecule has 2 rings (SSSR count). The maximum Gasteiger partial charge on any atom is 0.0672 e. The summed E-state index contributed by atoms with van der Waals surface area (Å²) < 4.78 is 11.3. The Hall–Kier alpha value is -1.56. The number of H-pyrrole nitrogens is 1. The molecule has 17 heavy (non-hydrogen) atoms. The molecule has 0 fully saturated rings. The molecule has 92 valence electrons. The lowest BCUT2D eigenvalue weighted by Crippen LogP contribution is -2.12. The molecule has 6 heteroatoms. The van der Waals surface area contributed by atoms with Gasteiger partial charge in [-0.1, -0.05) is 6.92 Å². The van der Waals surface area contributed by atoms with Crippen LogP contribution in [0.2, 0.25) is 0 Å². The van der Waals surface area contributed by atoms with Gasteiger partial charge >= 0.3 is 0 Å². The molecule has 0 radical (unpaired) electrons. The average molecular weight is 252 g/mol. The number of nitrogen functional groups attached to an aromatic ring is 1. The molecule has 0 bridgehead atoms. The third kappa shape index (κ3) is 2.76. The molecule has 0 spiro atoms. The summed E-state index contributed by atoms with van der Waals surface area (Å²) in [5.41, 5.74) is 8.40. The summed E-state index contributed by atoms with van der Waals surface area (Å²) in [4.78, 5) is 0. The number of fused-ring (bicyclic) bond motifs is 1. The summed E-state index contributed by atoms with van der Waals surface area (Å²) in [6.07, 6.45) is 1.74. The number of aromatic amines is 1. The molecular weight excluding hydrogens is 236 g/mol. The second-order valence-electron chi connectivity index (χ2n) is 3.76. The molecule has 0 saturated carbocycles. The van der Waals surface area contributed by atoms with Gasteiger partial charge in [-0.2, -0.15) is 5.10 Å². The van der Waals surface area contributed by atoms with Crippen LogP contribution in [-0.4, -0.2) is 32.5 Å². The Kier molecular flexibility index (Phi) is 3.63. The zero-order chi connectivity index (χ0) is 12.3. The lowest BCUT2D eigenvalue weighted by Gasteiger charge is -2.08. The highest BCUT2D eigenvalue weighted by atomic mass is 32.2. The van der Waals surface area contributed by atoms with Crippen LogP contribution in [0.4, 0.5) is 11.4 Å². The summed E-state index contributed by atoms with van der Waals surface area (Å²) >= 11 is 0. The molecule has 0 aliphatic carbocycles. The van der Waals surface area contributed by atoms with Gasteiger partial charge < -0.3 is 11.1 Å². The Balaban J connectivity index is 2.07. The number of aromatic nitrogens is 2. The van der Waals surface area contributed by atoms with Crippen LogP contribution in [0, 0.1) is 0 Å². The maximum absolute atomic E-state index is 11.3. The number of hydrogen-bond donors (Lipinski definition) is 3. The van der Waals surface area contributed by atoms with E-state index < -0.39 is 10.8 Å². The van der Waals surface area contributed by atoms with Crippen LogP contribution in [-0.2, 0) is 10.8 Å². The van der Waals surface area contributed by atoms with Crippen molar-refractivity contribution in [2.45, 2.75) is 6.92 Å². The fourth-order valence-corrected chi connectivity index (χ4v) is 2.22. The van der Waals surface area contributed by atoms with Gasteiger partial charge in [-0.05, 0) is 12.1 Å². The van der Waals surface area contributed by atoms with Gasteiger partial charge in [0.25, 0.3) is 0 Å². The molecule has 5 nitrogen and oxygen atoms in total. The minimum absolute atomic E-state index is 0.636. The molecule has 1 aromatic heterocycles. The average Bonchev–Trinajstić information content (AvgIpc) is 2.76. The topological polar surface area (TPSA) is 83.8 Å². The van der Waals surface area contributed by atoms with E-state index in [1.54, 1.807) is 6.20 Å². The summed E-state index contributed by atoms with van der Waals surface area (Å²) in [6, 6.07) is 3.80. The van der Waals surface area contributed by atoms with E-state index in [-0.39, 0.29) is 0 Å². The van der Waals surface area contributed by atoms with Crippen LogP contribution in [0.5, 0.6) is 0 Å². The van der Waals surface area contributed by atoms with Crippen molar-refractivity contribution in [2.75, 3.05) is 29.1 Å². The van der Waals surface area contributed by atoms with Crippen LogP contribution in [0.15, 0.2) is 18.3 Å². The van der Waals surface area contributed by atoms with Crippen molar-refractivity contribution in [3.63, 3.8) is 0 Å². The quantitative estimate of drug-likeness (QED) is 0.701. The van der Waals surface area contributed by atoms with Gasteiger partial charge in [-0.3, -0.25) is 9.31 Å². The van der Waals surface area contributed by atoms with Crippen molar-refractivity contribution in [1.29, 1.82) is 0 Å². The lowest BCUT2D eigenvalue weighted by molar-refractivity contribution is 0.684. The molecule has 4 N–H and O–H groups in total. The van der Waals surface area contributed by atoms with Gasteiger partial charge in [-0.25, -0.2) is 0 Å². The Bertz CT molecular complexity index is 537. The Morgan fingerprint density at radius 3 is 3.12 bits per heavy atom. The standard InChI is InChI=1S/C11H16N4OS/c1-2-17(16)4-3-13-11-6-10-8(5-9(11)12)7-14-15-10/h5-7,13H,2-4,12H2,1H3,(H,14,15). The van der Waals surface area contributed by atoms with Gasteiger partial charge in [-0.15, -0.1) is 0 Å². The Morgan fingerprint density at radius 2 is 2.35 bits per heavy atom. The van der Waals surface area contributed by atoms with E-state index in [2.05, 4.69) is 15.5 Å². The summed E-state index contributed by atoms with van der Waals surface area (Å²) in [7, 11) is -0.750. The number of nitrogens with one attached hydrogen (secondary N) is 2. The SMILES string of the molecule is CCS(=O)CCNc1cc2[nH]ncc2cc1N. The highest BCUT2D eigenvalue weighted by molar-refractivity contribution is 7.84. The number of nitrogens with zero attached hydrogens (tertiary/aromatic N) is 1. The van der Waals surface area contributed by atoms with Crippen molar-refractivity contribution in [2.24, 2.45) is 0 Å². The fourth-order valence-electron chi connectivity index (χ4n) is 1.61. The molecule has 0 aliphatic rings. The fraction of sp³-hybridized carbons (Fsp3) is 0.364. The van der Waals surface area contributed by atoms with E-state index >= 15 is 0 Å². The van der Waals surface area contributed by atoms with E-state index in [0.717, 1.165) is 16.6 Å². The largest absolute Gasteiger partial charge is 0.397 e. The Labute approximate surface area is 102 Å². The van der Waals surface area contributed by atoms with Crippen molar-refractivity contribution in [3.05, 3.63) is 18.3 Å². The predicted octanol–water partition coefficient (Wildman–Crippen LogP) is 1.33. The van der Waals surface area contributed by atoms with E-state index in [1.807, 2.05) is 19.1 Å². The third-order valence-electron chi connectivity index (χ3n) is 2.58. The lowest BCUT2D eigenvalue weighted by atomic mass is 10.2. The molecule has 0 aliphatic heterocycles. The maximum atomic E-state index is 11.3. The summed E-state index contributed by atoms with van der Waals surface area (Å²) in [5.74, 6) is 1.33. The third-order valence-corrected chi connectivity index (χ3v) is 3.88. The molecule has 0 saturated heterocycles. The Morgan fingerprint density at radius 1 is 1.53 bits per heavy atom. The number of nitrogens with two attached hydrogens (primary N) is 1. The number of hydrogen-bond acceptors (Lipinski definition) is 4. The molecule has 1 heterocycles. The molecule has 1 aromatic carbocycles.